The average Bonchev–Trinajstić information content (AvgIpc) is 3.44. The topological polar surface area (TPSA) is 115 Å². The zero-order valence-electron chi connectivity index (χ0n) is 20.8. The number of aliphatic hydroxyl groups excluding tert-OH is 1. The largest absolute Gasteiger partial charge is 0.493 e. The molecule has 5 rings (SSSR count). The van der Waals surface area contributed by atoms with Crippen molar-refractivity contribution < 1.29 is 9.84 Å². The smallest absolute Gasteiger partial charge is 0.227 e. The first-order valence-electron chi connectivity index (χ1n) is 12.6. The number of hydrogen-bond acceptors (Lipinski definition) is 9. The fraction of sp³-hybridized carbons (Fsp3) is 0.333. The highest BCUT2D eigenvalue weighted by atomic mass is 16.5. The highest BCUT2D eigenvalue weighted by molar-refractivity contribution is 5.63. The van der Waals surface area contributed by atoms with Crippen molar-refractivity contribution >= 4 is 11.6 Å². The van der Waals surface area contributed by atoms with Gasteiger partial charge in [-0.2, -0.15) is 0 Å². The van der Waals surface area contributed by atoms with Crippen LogP contribution in [0, 0.1) is 0 Å². The van der Waals surface area contributed by atoms with Crippen LogP contribution in [0.15, 0.2) is 67.3 Å². The van der Waals surface area contributed by atoms with Crippen molar-refractivity contribution in [3.05, 3.63) is 67.3 Å². The Bertz CT molecular complexity index is 1260. The molecule has 1 aliphatic rings. The van der Waals surface area contributed by atoms with Gasteiger partial charge in [-0.25, -0.2) is 15.0 Å². The maximum Gasteiger partial charge on any atom is 0.227 e. The Hall–Kier alpha value is -3.86. The van der Waals surface area contributed by atoms with Crippen molar-refractivity contribution in [2.45, 2.75) is 6.42 Å². The number of pyridine rings is 1. The number of ether oxygens (including phenoxy) is 1. The number of aliphatic hydroxyl groups is 1. The number of rotatable bonds is 11. The lowest BCUT2D eigenvalue weighted by molar-refractivity contribution is 0.108. The van der Waals surface area contributed by atoms with Crippen LogP contribution >= 0.6 is 0 Å². The minimum atomic E-state index is 0.233. The normalized spacial score (nSPS) is 14.5. The number of anilines is 2. The third kappa shape index (κ3) is 6.88. The van der Waals surface area contributed by atoms with Crippen LogP contribution in [-0.2, 0) is 0 Å². The van der Waals surface area contributed by atoms with Crippen LogP contribution in [0.4, 0.5) is 11.6 Å². The van der Waals surface area contributed by atoms with Gasteiger partial charge in [0.25, 0.3) is 0 Å². The summed E-state index contributed by atoms with van der Waals surface area (Å²) in [6.45, 7) is 6.80. The molecule has 4 aromatic rings. The molecule has 0 bridgehead atoms. The molecular formula is C27H32N8O2. The van der Waals surface area contributed by atoms with Crippen LogP contribution in [0.5, 0.6) is 5.75 Å². The lowest BCUT2D eigenvalue weighted by Crippen LogP contribution is -2.47. The summed E-state index contributed by atoms with van der Waals surface area (Å²) < 4.78 is 6.00. The first-order valence-corrected chi connectivity index (χ1v) is 12.6. The van der Waals surface area contributed by atoms with Gasteiger partial charge in [-0.3, -0.25) is 9.88 Å². The summed E-state index contributed by atoms with van der Waals surface area (Å²) in [5, 5.41) is 12.3. The molecule has 10 nitrogen and oxygen atoms in total. The average molecular weight is 501 g/mol. The van der Waals surface area contributed by atoms with E-state index in [0.29, 0.717) is 12.6 Å². The number of nitrogens with zero attached hydrogens (tertiary/aromatic N) is 6. The Morgan fingerprint density at radius 3 is 2.62 bits per heavy atom. The van der Waals surface area contributed by atoms with Crippen molar-refractivity contribution in [1.29, 1.82) is 0 Å². The molecule has 192 valence electrons. The Morgan fingerprint density at radius 2 is 1.81 bits per heavy atom. The number of β-amino-alcohol motifs (C(OH)–C–C–N with tert-alkyl or cyclic N) is 1. The minimum Gasteiger partial charge on any atom is -0.493 e. The summed E-state index contributed by atoms with van der Waals surface area (Å²) in [5.41, 5.74) is 3.31. The number of aromatic amines is 1. The Morgan fingerprint density at radius 1 is 0.946 bits per heavy atom. The van der Waals surface area contributed by atoms with Crippen molar-refractivity contribution in [1.82, 2.24) is 34.7 Å². The maximum absolute atomic E-state index is 9.08. The van der Waals surface area contributed by atoms with E-state index in [1.165, 1.54) is 0 Å². The van der Waals surface area contributed by atoms with Gasteiger partial charge >= 0.3 is 0 Å². The third-order valence-electron chi connectivity index (χ3n) is 6.30. The van der Waals surface area contributed by atoms with Gasteiger partial charge in [0.1, 0.15) is 11.6 Å². The summed E-state index contributed by atoms with van der Waals surface area (Å²) in [4.78, 5) is 25.7. The molecule has 3 aromatic heterocycles. The fourth-order valence-electron chi connectivity index (χ4n) is 4.32. The summed E-state index contributed by atoms with van der Waals surface area (Å²) in [6, 6.07) is 13.5. The minimum absolute atomic E-state index is 0.233. The van der Waals surface area contributed by atoms with Crippen molar-refractivity contribution in [2.75, 3.05) is 57.8 Å². The highest BCUT2D eigenvalue weighted by Gasteiger charge is 2.15. The number of hydrogen-bond donors (Lipinski definition) is 3. The predicted molar refractivity (Wildman–Crippen MR) is 143 cm³/mol. The number of benzene rings is 1. The van der Waals surface area contributed by atoms with E-state index in [1.54, 1.807) is 24.8 Å². The second kappa shape index (κ2) is 12.4. The van der Waals surface area contributed by atoms with Crippen LogP contribution in [0.2, 0.25) is 0 Å². The van der Waals surface area contributed by atoms with E-state index in [2.05, 4.69) is 40.0 Å². The summed E-state index contributed by atoms with van der Waals surface area (Å²) in [5.74, 6) is 2.04. The van der Waals surface area contributed by atoms with Crippen LogP contribution in [0.3, 0.4) is 0 Å². The number of nitrogens with one attached hydrogen (secondary N) is 2. The molecule has 0 aliphatic carbocycles. The molecule has 1 aromatic carbocycles. The standard InChI is InChI=1S/C27H32N8O2/c36-16-15-35-13-11-34(12-14-35)10-3-17-37-23-6-1-5-22(18-23)31-27-29-9-7-24(33-27)25-20-30-26(32-25)21-4-2-8-28-19-21/h1-2,4-9,18-20,36H,3,10-17H2,(H,30,32)(H,29,31,33). The first kappa shape index (κ1) is 24.8. The lowest BCUT2D eigenvalue weighted by atomic mass is 10.3. The van der Waals surface area contributed by atoms with Crippen molar-refractivity contribution in [3.8, 4) is 28.5 Å². The Kier molecular flexibility index (Phi) is 8.32. The molecule has 3 N–H and O–H groups in total. The van der Waals surface area contributed by atoms with Gasteiger partial charge in [0.2, 0.25) is 5.95 Å². The number of aromatic nitrogens is 5. The van der Waals surface area contributed by atoms with Gasteiger partial charge in [-0.05, 0) is 36.8 Å². The van der Waals surface area contributed by atoms with E-state index in [-0.39, 0.29) is 6.61 Å². The van der Waals surface area contributed by atoms with Gasteiger partial charge in [0, 0.05) is 75.2 Å². The molecule has 1 saturated heterocycles. The molecule has 0 amide bonds. The first-order chi connectivity index (χ1) is 18.3. The SMILES string of the molecule is OCCN1CCN(CCCOc2cccc(Nc3nccc(-c4cnc(-c5cccnc5)[nH]4)n3)c2)CC1. The van der Waals surface area contributed by atoms with Gasteiger partial charge < -0.3 is 25.0 Å². The third-order valence-corrected chi connectivity index (χ3v) is 6.30. The second-order valence-corrected chi connectivity index (χ2v) is 8.91. The molecule has 10 heteroatoms. The zero-order chi connectivity index (χ0) is 25.3. The molecule has 37 heavy (non-hydrogen) atoms. The molecule has 0 radical (unpaired) electrons. The number of piperazine rings is 1. The molecule has 0 spiro atoms. The summed E-state index contributed by atoms with van der Waals surface area (Å²) in [6.07, 6.45) is 7.95. The van der Waals surface area contributed by atoms with E-state index in [9.17, 15) is 0 Å². The second-order valence-electron chi connectivity index (χ2n) is 8.91. The van der Waals surface area contributed by atoms with E-state index in [4.69, 9.17) is 9.84 Å². The Balaban J connectivity index is 1.13. The van der Waals surface area contributed by atoms with Gasteiger partial charge in [-0.15, -0.1) is 0 Å². The predicted octanol–water partition coefficient (Wildman–Crippen LogP) is 3.05. The van der Waals surface area contributed by atoms with Crippen LogP contribution in [0.25, 0.3) is 22.8 Å². The van der Waals surface area contributed by atoms with E-state index in [1.807, 2.05) is 42.5 Å². The number of H-pyrrole nitrogens is 1. The highest BCUT2D eigenvalue weighted by Crippen LogP contribution is 2.23. The molecule has 0 atom stereocenters. The van der Waals surface area contributed by atoms with Crippen LogP contribution < -0.4 is 10.1 Å². The Labute approximate surface area is 216 Å². The van der Waals surface area contributed by atoms with Gasteiger partial charge in [0.15, 0.2) is 0 Å². The number of imidazole rings is 1. The molecule has 1 aliphatic heterocycles. The lowest BCUT2D eigenvalue weighted by Gasteiger charge is -2.34. The zero-order valence-corrected chi connectivity index (χ0v) is 20.8. The molecule has 0 unspecified atom stereocenters. The summed E-state index contributed by atoms with van der Waals surface area (Å²) in [7, 11) is 0. The van der Waals surface area contributed by atoms with E-state index in [0.717, 1.165) is 79.9 Å². The summed E-state index contributed by atoms with van der Waals surface area (Å²) >= 11 is 0. The quantitative estimate of drug-likeness (QED) is 0.267. The maximum atomic E-state index is 9.08. The van der Waals surface area contributed by atoms with Gasteiger partial charge in [-0.1, -0.05) is 6.07 Å². The fourth-order valence-corrected chi connectivity index (χ4v) is 4.32. The molecular weight excluding hydrogens is 468 g/mol. The molecule has 0 saturated carbocycles. The van der Waals surface area contributed by atoms with Crippen molar-refractivity contribution in [2.24, 2.45) is 0 Å². The molecule has 1 fully saturated rings. The van der Waals surface area contributed by atoms with Crippen LogP contribution in [-0.4, -0.2) is 92.3 Å². The van der Waals surface area contributed by atoms with Crippen LogP contribution in [0.1, 0.15) is 6.42 Å². The molecule has 4 heterocycles. The van der Waals surface area contributed by atoms with Gasteiger partial charge in [0.05, 0.1) is 30.8 Å². The van der Waals surface area contributed by atoms with Crippen molar-refractivity contribution in [3.63, 3.8) is 0 Å². The van der Waals surface area contributed by atoms with E-state index >= 15 is 0 Å². The monoisotopic (exact) mass is 500 g/mol. The van der Waals surface area contributed by atoms with E-state index < -0.39 is 0 Å².